The fourth-order valence-corrected chi connectivity index (χ4v) is 1.09. The van der Waals surface area contributed by atoms with Crippen LogP contribution in [0.4, 0.5) is 4.39 Å². The number of alkyl halides is 1. The zero-order chi connectivity index (χ0) is 7.90. The molecule has 1 aliphatic rings. The van der Waals surface area contributed by atoms with Gasteiger partial charge in [0.25, 0.3) is 0 Å². The summed E-state index contributed by atoms with van der Waals surface area (Å²) in [6, 6.07) is 0. The highest BCUT2D eigenvalue weighted by Gasteiger charge is 2.41. The lowest BCUT2D eigenvalue weighted by Gasteiger charge is -2.02. The van der Waals surface area contributed by atoms with Crippen molar-refractivity contribution in [2.24, 2.45) is 5.73 Å². The van der Waals surface area contributed by atoms with Crippen molar-refractivity contribution in [1.29, 1.82) is 0 Å². The van der Waals surface area contributed by atoms with Crippen LogP contribution < -0.4 is 5.73 Å². The van der Waals surface area contributed by atoms with Gasteiger partial charge in [0.2, 0.25) is 0 Å². The zero-order valence-electron chi connectivity index (χ0n) is 6.10. The van der Waals surface area contributed by atoms with Crippen LogP contribution in [-0.2, 0) is 12.2 Å². The average Bonchev–Trinajstić information content (AvgIpc) is 2.61. The minimum absolute atomic E-state index is 0.222. The third kappa shape index (κ3) is 1.03. The second-order valence-electron chi connectivity index (χ2n) is 3.03. The summed E-state index contributed by atoms with van der Waals surface area (Å²) in [5.74, 6) is 0.372. The van der Waals surface area contributed by atoms with Crippen molar-refractivity contribution in [3.63, 3.8) is 0 Å². The monoisotopic (exact) mass is 155 g/mol. The summed E-state index contributed by atoms with van der Waals surface area (Å²) < 4.78 is 12.0. The molecule has 3 nitrogen and oxygen atoms in total. The molecule has 4 heteroatoms. The molecule has 1 aromatic heterocycles. The summed E-state index contributed by atoms with van der Waals surface area (Å²) in [7, 11) is 0. The van der Waals surface area contributed by atoms with Crippen LogP contribution in [0.2, 0.25) is 0 Å². The zero-order valence-corrected chi connectivity index (χ0v) is 6.10. The maximum atomic E-state index is 12.0. The summed E-state index contributed by atoms with van der Waals surface area (Å²) in [4.78, 5) is 6.68. The van der Waals surface area contributed by atoms with E-state index in [9.17, 15) is 4.39 Å². The van der Waals surface area contributed by atoms with E-state index in [1.165, 1.54) is 0 Å². The minimum atomic E-state index is -0.546. The molecular weight excluding hydrogens is 145 g/mol. The first-order valence-corrected chi connectivity index (χ1v) is 3.64. The van der Waals surface area contributed by atoms with Crippen LogP contribution in [0.5, 0.6) is 0 Å². The second kappa shape index (κ2) is 2.04. The van der Waals surface area contributed by atoms with Crippen LogP contribution in [-0.4, -0.2) is 9.97 Å². The number of nitrogens with zero attached hydrogens (tertiary/aromatic N) is 1. The van der Waals surface area contributed by atoms with Gasteiger partial charge in [-0.05, 0) is 12.8 Å². The molecular formula is C7H10FN3. The summed E-state index contributed by atoms with van der Waals surface area (Å²) in [5, 5.41) is 0. The van der Waals surface area contributed by atoms with E-state index in [1.54, 1.807) is 6.20 Å². The van der Waals surface area contributed by atoms with E-state index in [1.807, 2.05) is 0 Å². The van der Waals surface area contributed by atoms with Gasteiger partial charge >= 0.3 is 0 Å². The predicted octanol–water partition coefficient (Wildman–Crippen LogP) is 0.827. The summed E-state index contributed by atoms with van der Waals surface area (Å²) in [5.41, 5.74) is 6.49. The fraction of sp³-hybridized carbons (Fsp3) is 0.571. The molecule has 0 bridgehead atoms. The van der Waals surface area contributed by atoms with E-state index in [0.29, 0.717) is 5.82 Å². The Hall–Kier alpha value is -0.900. The van der Waals surface area contributed by atoms with Crippen molar-refractivity contribution in [2.75, 3.05) is 0 Å². The molecule has 0 unspecified atom stereocenters. The third-order valence-corrected chi connectivity index (χ3v) is 2.08. The first kappa shape index (κ1) is 6.79. The highest BCUT2D eigenvalue weighted by atomic mass is 19.1. The number of aromatic amines is 1. The van der Waals surface area contributed by atoms with Gasteiger partial charge in [0, 0.05) is 0 Å². The standard InChI is InChI=1S/C7H10FN3/c8-3-6-10-4-5(11-6)7(9)1-2-7/h4H,1-3,9H2,(H,10,11). The number of hydrogen-bond acceptors (Lipinski definition) is 2. The lowest BCUT2D eigenvalue weighted by Crippen LogP contribution is -2.18. The van der Waals surface area contributed by atoms with Crippen molar-refractivity contribution in [3.05, 3.63) is 17.7 Å². The molecule has 0 spiro atoms. The van der Waals surface area contributed by atoms with E-state index in [4.69, 9.17) is 5.73 Å². The molecule has 3 N–H and O–H groups in total. The Kier molecular flexibility index (Phi) is 1.26. The smallest absolute Gasteiger partial charge is 0.147 e. The molecule has 0 saturated heterocycles. The van der Waals surface area contributed by atoms with Gasteiger partial charge in [0.1, 0.15) is 12.5 Å². The number of halogens is 1. The Labute approximate surface area is 63.8 Å². The Morgan fingerprint density at radius 2 is 2.45 bits per heavy atom. The molecule has 1 saturated carbocycles. The predicted molar refractivity (Wildman–Crippen MR) is 38.5 cm³/mol. The van der Waals surface area contributed by atoms with E-state index in [-0.39, 0.29) is 5.54 Å². The van der Waals surface area contributed by atoms with E-state index >= 15 is 0 Å². The third-order valence-electron chi connectivity index (χ3n) is 2.08. The lowest BCUT2D eigenvalue weighted by atomic mass is 10.2. The van der Waals surface area contributed by atoms with E-state index in [2.05, 4.69) is 9.97 Å². The molecule has 11 heavy (non-hydrogen) atoms. The average molecular weight is 155 g/mol. The van der Waals surface area contributed by atoms with Gasteiger partial charge in [-0.3, -0.25) is 0 Å². The van der Waals surface area contributed by atoms with E-state index in [0.717, 1.165) is 18.5 Å². The van der Waals surface area contributed by atoms with Crippen LogP contribution >= 0.6 is 0 Å². The Bertz CT molecular complexity index is 264. The van der Waals surface area contributed by atoms with Gasteiger partial charge in [-0.2, -0.15) is 0 Å². The molecule has 0 aromatic carbocycles. The van der Waals surface area contributed by atoms with Crippen LogP contribution in [0.1, 0.15) is 24.4 Å². The largest absolute Gasteiger partial charge is 0.342 e. The van der Waals surface area contributed by atoms with Gasteiger partial charge in [0.15, 0.2) is 0 Å². The lowest BCUT2D eigenvalue weighted by molar-refractivity contribution is 0.467. The number of rotatable bonds is 2. The SMILES string of the molecule is NC1(c2cnc(CF)[nH]2)CC1. The Morgan fingerprint density at radius 1 is 1.73 bits per heavy atom. The van der Waals surface area contributed by atoms with Gasteiger partial charge in [-0.25, -0.2) is 9.37 Å². The molecule has 1 aliphatic carbocycles. The topological polar surface area (TPSA) is 54.7 Å². The van der Waals surface area contributed by atoms with Crippen molar-refractivity contribution in [2.45, 2.75) is 25.1 Å². The first-order valence-electron chi connectivity index (χ1n) is 3.64. The number of nitrogens with two attached hydrogens (primary N) is 1. The molecule has 1 heterocycles. The van der Waals surface area contributed by atoms with Crippen LogP contribution in [0.15, 0.2) is 6.20 Å². The Morgan fingerprint density at radius 3 is 2.91 bits per heavy atom. The fourth-order valence-electron chi connectivity index (χ4n) is 1.09. The number of H-pyrrole nitrogens is 1. The van der Waals surface area contributed by atoms with Crippen molar-refractivity contribution >= 4 is 0 Å². The summed E-state index contributed by atoms with van der Waals surface area (Å²) >= 11 is 0. The normalized spacial score (nSPS) is 20.2. The molecule has 0 radical (unpaired) electrons. The quantitative estimate of drug-likeness (QED) is 0.664. The van der Waals surface area contributed by atoms with Gasteiger partial charge in [-0.15, -0.1) is 0 Å². The van der Waals surface area contributed by atoms with Crippen molar-refractivity contribution in [1.82, 2.24) is 9.97 Å². The van der Waals surface area contributed by atoms with Crippen LogP contribution in [0.25, 0.3) is 0 Å². The van der Waals surface area contributed by atoms with Gasteiger partial charge < -0.3 is 10.7 Å². The van der Waals surface area contributed by atoms with E-state index < -0.39 is 6.67 Å². The maximum absolute atomic E-state index is 12.0. The Balaban J connectivity index is 2.25. The highest BCUT2D eigenvalue weighted by Crippen LogP contribution is 2.41. The summed E-state index contributed by atoms with van der Waals surface area (Å²) in [6.07, 6.45) is 3.57. The molecule has 1 fully saturated rings. The number of imidazole rings is 1. The minimum Gasteiger partial charge on any atom is -0.342 e. The number of nitrogens with one attached hydrogen (secondary N) is 1. The molecule has 0 amide bonds. The summed E-state index contributed by atoms with van der Waals surface area (Å²) in [6.45, 7) is -0.546. The molecule has 2 rings (SSSR count). The molecule has 0 aliphatic heterocycles. The van der Waals surface area contributed by atoms with Crippen molar-refractivity contribution in [3.8, 4) is 0 Å². The molecule has 0 atom stereocenters. The number of hydrogen-bond donors (Lipinski definition) is 2. The van der Waals surface area contributed by atoms with Crippen molar-refractivity contribution < 1.29 is 4.39 Å². The van der Waals surface area contributed by atoms with Crippen LogP contribution in [0.3, 0.4) is 0 Å². The molecule has 60 valence electrons. The first-order chi connectivity index (χ1) is 5.24. The maximum Gasteiger partial charge on any atom is 0.147 e. The second-order valence-corrected chi connectivity index (χ2v) is 3.03. The van der Waals surface area contributed by atoms with Crippen LogP contribution in [0, 0.1) is 0 Å². The van der Waals surface area contributed by atoms with Gasteiger partial charge in [-0.1, -0.05) is 0 Å². The number of aromatic nitrogens is 2. The molecule has 1 aromatic rings. The highest BCUT2D eigenvalue weighted by molar-refractivity contribution is 5.20. The van der Waals surface area contributed by atoms with Gasteiger partial charge in [0.05, 0.1) is 17.4 Å².